The first-order chi connectivity index (χ1) is 13.3. The molecule has 3 aliphatic rings. The van der Waals surface area contributed by atoms with Gasteiger partial charge in [-0.05, 0) is 93.5 Å². The molecule has 2 heteroatoms. The first kappa shape index (κ1) is 21.8. The second-order valence-corrected chi connectivity index (χ2v) is 10.3. The maximum Gasteiger partial charge on any atom is 0.0583 e. The third kappa shape index (κ3) is 4.82. The largest absolute Gasteiger partial charge is 0.393 e. The second-order valence-electron chi connectivity index (χ2n) is 10.3. The molecule has 28 heavy (non-hydrogen) atoms. The number of hydrogen-bond donors (Lipinski definition) is 1. The second kappa shape index (κ2) is 9.30. The monoisotopic (exact) mass is 386 g/mol. The van der Waals surface area contributed by atoms with E-state index in [0.29, 0.717) is 29.3 Å². The number of aliphatic hydroxyl groups is 1. The molecule has 0 aliphatic heterocycles. The highest BCUT2D eigenvalue weighted by molar-refractivity contribution is 5.36. The Morgan fingerprint density at radius 2 is 1.96 bits per heavy atom. The number of hydrogen-bond acceptors (Lipinski definition) is 2. The van der Waals surface area contributed by atoms with Crippen molar-refractivity contribution in [2.45, 2.75) is 97.7 Å². The molecule has 0 aromatic heterocycles. The minimum Gasteiger partial charge on any atom is -0.393 e. The summed E-state index contributed by atoms with van der Waals surface area (Å²) in [7, 11) is 0. The van der Waals surface area contributed by atoms with Gasteiger partial charge in [-0.2, -0.15) is 0 Å². The number of aliphatic hydroxyl groups excluding tert-OH is 1. The Hall–Kier alpha value is -0.860. The van der Waals surface area contributed by atoms with Gasteiger partial charge in [-0.1, -0.05) is 50.6 Å². The Morgan fingerprint density at radius 3 is 2.71 bits per heavy atom. The first-order valence-electron chi connectivity index (χ1n) is 11.7. The fraction of sp³-hybridized carbons (Fsp3) is 0.769. The maximum absolute atomic E-state index is 10.0. The Balaban J connectivity index is 1.70. The molecule has 3 rings (SSSR count). The lowest BCUT2D eigenvalue weighted by Crippen LogP contribution is -2.38. The van der Waals surface area contributed by atoms with Crippen molar-refractivity contribution in [1.82, 2.24) is 0 Å². The predicted octanol–water partition coefficient (Wildman–Crippen LogP) is 6.61. The predicted molar refractivity (Wildman–Crippen MR) is 118 cm³/mol. The van der Waals surface area contributed by atoms with Gasteiger partial charge >= 0.3 is 0 Å². The van der Waals surface area contributed by atoms with Gasteiger partial charge in [-0.15, -0.1) is 0 Å². The minimum atomic E-state index is -0.188. The van der Waals surface area contributed by atoms with Crippen LogP contribution in [0, 0.1) is 23.2 Å². The van der Waals surface area contributed by atoms with E-state index in [9.17, 15) is 5.11 Å². The fourth-order valence-electron chi connectivity index (χ4n) is 6.05. The molecule has 0 aromatic rings. The topological polar surface area (TPSA) is 29.5 Å². The van der Waals surface area contributed by atoms with Crippen molar-refractivity contribution in [2.24, 2.45) is 23.2 Å². The summed E-state index contributed by atoms with van der Waals surface area (Å²) in [6.07, 6.45) is 15.0. The van der Waals surface area contributed by atoms with Gasteiger partial charge in [0, 0.05) is 6.61 Å². The van der Waals surface area contributed by atoms with Crippen LogP contribution < -0.4 is 0 Å². The number of fused-ring (bicyclic) bond motifs is 1. The van der Waals surface area contributed by atoms with Gasteiger partial charge in [-0.25, -0.2) is 0 Å². The van der Waals surface area contributed by atoms with Crippen LogP contribution in [0.15, 0.2) is 35.5 Å². The minimum absolute atomic E-state index is 0.188. The molecule has 0 radical (unpaired) electrons. The molecule has 1 N–H and O–H groups in total. The fourth-order valence-corrected chi connectivity index (χ4v) is 6.05. The van der Waals surface area contributed by atoms with E-state index in [1.807, 2.05) is 0 Å². The summed E-state index contributed by atoms with van der Waals surface area (Å²) in [5.74, 6) is 2.08. The van der Waals surface area contributed by atoms with Crippen LogP contribution >= 0.6 is 0 Å². The van der Waals surface area contributed by atoms with Crippen molar-refractivity contribution in [3.63, 3.8) is 0 Å². The zero-order valence-corrected chi connectivity index (χ0v) is 18.7. The lowest BCUT2D eigenvalue weighted by Gasteiger charge is -2.44. The number of allylic oxidation sites excluding steroid dienone is 4. The SMILES string of the molecule is C=C1CC[C@H](O)CC1=CC=C1CCC[C@]2(C)[C@@H]([C@H](C)OCCC(C)C)CC[C@@H]12. The molecule has 158 valence electrons. The quantitative estimate of drug-likeness (QED) is 0.556. The molecule has 3 saturated carbocycles. The molecule has 0 heterocycles. The highest BCUT2D eigenvalue weighted by Crippen LogP contribution is 2.58. The van der Waals surface area contributed by atoms with E-state index in [1.54, 1.807) is 5.57 Å². The summed E-state index contributed by atoms with van der Waals surface area (Å²) < 4.78 is 6.30. The summed E-state index contributed by atoms with van der Waals surface area (Å²) in [6, 6.07) is 0. The standard InChI is InChI=1S/C26H42O2/c1-18(2)14-16-28-20(4)24-12-13-25-21(7-6-15-26(24,25)5)9-10-22-17-23(27)11-8-19(22)3/h9-10,18,20,23-25,27H,3,6-8,11-17H2,1-2,4-5H3/t20-,23-,24+,25-,26+/m0/s1. The third-order valence-electron chi connectivity index (χ3n) is 7.87. The Kier molecular flexibility index (Phi) is 7.26. The van der Waals surface area contributed by atoms with Crippen molar-refractivity contribution in [3.8, 4) is 0 Å². The van der Waals surface area contributed by atoms with Crippen molar-refractivity contribution >= 4 is 0 Å². The molecule has 2 nitrogen and oxygen atoms in total. The van der Waals surface area contributed by atoms with Gasteiger partial charge in [0.15, 0.2) is 0 Å². The van der Waals surface area contributed by atoms with Crippen LogP contribution in [-0.4, -0.2) is 23.9 Å². The van der Waals surface area contributed by atoms with E-state index < -0.39 is 0 Å². The van der Waals surface area contributed by atoms with E-state index in [4.69, 9.17) is 4.74 Å². The van der Waals surface area contributed by atoms with Gasteiger partial charge in [0.05, 0.1) is 12.2 Å². The molecule has 0 bridgehead atoms. The Bertz CT molecular complexity index is 614. The molecule has 5 atom stereocenters. The molecule has 0 saturated heterocycles. The van der Waals surface area contributed by atoms with Gasteiger partial charge in [0.25, 0.3) is 0 Å². The van der Waals surface area contributed by atoms with E-state index in [0.717, 1.165) is 32.3 Å². The van der Waals surface area contributed by atoms with Crippen LogP contribution in [0.1, 0.15) is 85.5 Å². The normalized spacial score (nSPS) is 37.6. The summed E-state index contributed by atoms with van der Waals surface area (Å²) in [4.78, 5) is 0. The Labute approximate surface area is 173 Å². The molecular weight excluding hydrogens is 344 g/mol. The van der Waals surface area contributed by atoms with Gasteiger partial charge in [0.2, 0.25) is 0 Å². The smallest absolute Gasteiger partial charge is 0.0583 e. The van der Waals surface area contributed by atoms with Gasteiger partial charge < -0.3 is 9.84 Å². The molecule has 3 fully saturated rings. The van der Waals surface area contributed by atoms with Crippen LogP contribution in [0.25, 0.3) is 0 Å². The zero-order valence-electron chi connectivity index (χ0n) is 18.7. The average Bonchev–Trinajstić information content (AvgIpc) is 2.99. The van der Waals surface area contributed by atoms with Crippen LogP contribution in [-0.2, 0) is 4.74 Å². The highest BCUT2D eigenvalue weighted by Gasteiger charge is 2.51. The summed E-state index contributed by atoms with van der Waals surface area (Å²) in [5.41, 5.74) is 4.49. The number of ether oxygens (including phenoxy) is 1. The Morgan fingerprint density at radius 1 is 1.18 bits per heavy atom. The summed E-state index contributed by atoms with van der Waals surface area (Å²) in [5, 5.41) is 10.0. The molecule has 3 aliphatic carbocycles. The molecular formula is C26H42O2. The third-order valence-corrected chi connectivity index (χ3v) is 7.87. The molecule has 0 amide bonds. The van der Waals surface area contributed by atoms with E-state index in [2.05, 4.69) is 46.4 Å². The molecule has 0 unspecified atom stereocenters. The van der Waals surface area contributed by atoms with Gasteiger partial charge in [0.1, 0.15) is 0 Å². The first-order valence-corrected chi connectivity index (χ1v) is 11.7. The lowest BCUT2D eigenvalue weighted by molar-refractivity contribution is -0.0279. The molecule has 0 spiro atoms. The van der Waals surface area contributed by atoms with Crippen LogP contribution in [0.3, 0.4) is 0 Å². The van der Waals surface area contributed by atoms with Crippen LogP contribution in [0.4, 0.5) is 0 Å². The van der Waals surface area contributed by atoms with Crippen LogP contribution in [0.5, 0.6) is 0 Å². The van der Waals surface area contributed by atoms with Crippen molar-refractivity contribution in [3.05, 3.63) is 35.5 Å². The van der Waals surface area contributed by atoms with Crippen molar-refractivity contribution < 1.29 is 9.84 Å². The zero-order chi connectivity index (χ0) is 20.3. The summed E-state index contributed by atoms with van der Waals surface area (Å²) >= 11 is 0. The van der Waals surface area contributed by atoms with E-state index in [1.165, 1.54) is 43.3 Å². The van der Waals surface area contributed by atoms with E-state index in [-0.39, 0.29) is 6.10 Å². The highest BCUT2D eigenvalue weighted by atomic mass is 16.5. The number of rotatable bonds is 6. The van der Waals surface area contributed by atoms with Crippen molar-refractivity contribution in [2.75, 3.05) is 6.61 Å². The lowest BCUT2D eigenvalue weighted by atomic mass is 9.62. The van der Waals surface area contributed by atoms with Gasteiger partial charge in [-0.3, -0.25) is 0 Å². The summed E-state index contributed by atoms with van der Waals surface area (Å²) in [6.45, 7) is 14.5. The average molecular weight is 387 g/mol. The van der Waals surface area contributed by atoms with Crippen molar-refractivity contribution in [1.29, 1.82) is 0 Å². The van der Waals surface area contributed by atoms with E-state index >= 15 is 0 Å². The molecule has 0 aromatic carbocycles. The maximum atomic E-state index is 10.0. The van der Waals surface area contributed by atoms with Crippen LogP contribution in [0.2, 0.25) is 0 Å².